The van der Waals surface area contributed by atoms with Crippen molar-refractivity contribution < 1.29 is 25.5 Å². The number of phenolic OH excluding ortho intramolecular Hbond substituents is 5. The molecular formula is C8H12N2O5. The van der Waals surface area contributed by atoms with Crippen molar-refractivity contribution in [3.8, 4) is 28.7 Å². The summed E-state index contributed by atoms with van der Waals surface area (Å²) in [5.41, 5.74) is 4.90. The monoisotopic (exact) mass is 216 g/mol. The van der Waals surface area contributed by atoms with Gasteiger partial charge in [0.25, 0.3) is 0 Å². The lowest BCUT2D eigenvalue weighted by Gasteiger charge is -2.13. The molecule has 0 aliphatic rings. The molecular weight excluding hydrogens is 204 g/mol. The number of anilines is 1. The second kappa shape index (κ2) is 4.01. The average Bonchev–Trinajstić information content (AvgIpc) is 2.24. The smallest absolute Gasteiger partial charge is 0.208 e. The quantitative estimate of drug-likeness (QED) is 0.269. The Morgan fingerprint density at radius 2 is 1.20 bits per heavy atom. The van der Waals surface area contributed by atoms with E-state index >= 15 is 0 Å². The highest BCUT2D eigenvalue weighted by atomic mass is 16.4. The number of phenols is 5. The molecule has 0 atom stereocenters. The van der Waals surface area contributed by atoms with Gasteiger partial charge in [-0.25, -0.2) is 0 Å². The number of hydrogen-bond acceptors (Lipinski definition) is 7. The van der Waals surface area contributed by atoms with Crippen LogP contribution in [0.1, 0.15) is 0 Å². The predicted octanol–water partition coefficient (Wildman–Crippen LogP) is -0.415. The summed E-state index contributed by atoms with van der Waals surface area (Å²) in [6.45, 7) is 0.437. The van der Waals surface area contributed by atoms with Crippen LogP contribution in [-0.4, -0.2) is 38.6 Å². The van der Waals surface area contributed by atoms with Gasteiger partial charge >= 0.3 is 0 Å². The highest BCUT2D eigenvalue weighted by Gasteiger charge is 2.22. The van der Waals surface area contributed by atoms with Gasteiger partial charge in [-0.2, -0.15) is 0 Å². The van der Waals surface area contributed by atoms with Crippen LogP contribution < -0.4 is 11.1 Å². The first-order valence-electron chi connectivity index (χ1n) is 4.13. The Kier molecular flexibility index (Phi) is 2.96. The van der Waals surface area contributed by atoms with E-state index in [0.717, 1.165) is 0 Å². The lowest BCUT2D eigenvalue weighted by Crippen LogP contribution is -2.13. The second-order valence-corrected chi connectivity index (χ2v) is 2.83. The molecule has 8 N–H and O–H groups in total. The third-order valence-corrected chi connectivity index (χ3v) is 1.82. The van der Waals surface area contributed by atoms with E-state index in [9.17, 15) is 10.2 Å². The van der Waals surface area contributed by atoms with Gasteiger partial charge < -0.3 is 36.6 Å². The van der Waals surface area contributed by atoms with E-state index < -0.39 is 28.7 Å². The molecule has 0 unspecified atom stereocenters. The van der Waals surface area contributed by atoms with E-state index in [1.54, 1.807) is 0 Å². The van der Waals surface area contributed by atoms with Gasteiger partial charge in [-0.05, 0) is 0 Å². The summed E-state index contributed by atoms with van der Waals surface area (Å²) < 4.78 is 0. The molecule has 0 radical (unpaired) electrons. The maximum Gasteiger partial charge on any atom is 0.208 e. The van der Waals surface area contributed by atoms with Gasteiger partial charge in [0, 0.05) is 13.1 Å². The van der Waals surface area contributed by atoms with Crippen molar-refractivity contribution in [2.75, 3.05) is 18.4 Å². The Morgan fingerprint density at radius 3 is 1.60 bits per heavy atom. The summed E-state index contributed by atoms with van der Waals surface area (Å²) in [5, 5.41) is 48.5. The van der Waals surface area contributed by atoms with Gasteiger partial charge in [0.1, 0.15) is 5.69 Å². The molecule has 1 aromatic rings. The van der Waals surface area contributed by atoms with Crippen molar-refractivity contribution in [1.29, 1.82) is 0 Å². The molecule has 0 aromatic heterocycles. The standard InChI is InChI=1S/C8H12N2O5/c9-1-2-10-3-4(11)6(13)8(15)7(14)5(3)12/h10-15H,1-2,9H2. The van der Waals surface area contributed by atoms with Crippen LogP contribution in [0.25, 0.3) is 0 Å². The molecule has 15 heavy (non-hydrogen) atoms. The van der Waals surface area contributed by atoms with Gasteiger partial charge in [-0.15, -0.1) is 0 Å². The third kappa shape index (κ3) is 1.77. The fourth-order valence-electron chi connectivity index (χ4n) is 1.05. The minimum atomic E-state index is -0.983. The molecule has 7 nitrogen and oxygen atoms in total. The Balaban J connectivity index is 3.26. The van der Waals surface area contributed by atoms with Crippen LogP contribution in [0.2, 0.25) is 0 Å². The molecule has 0 spiro atoms. The Labute approximate surface area is 85.0 Å². The predicted molar refractivity (Wildman–Crippen MR) is 52.3 cm³/mol. The highest BCUT2D eigenvalue weighted by Crippen LogP contribution is 2.53. The summed E-state index contributed by atoms with van der Waals surface area (Å²) >= 11 is 0. The van der Waals surface area contributed by atoms with E-state index in [1.165, 1.54) is 0 Å². The maximum absolute atomic E-state index is 9.33. The molecule has 0 saturated heterocycles. The van der Waals surface area contributed by atoms with Gasteiger partial charge in [0.2, 0.25) is 17.2 Å². The zero-order valence-electron chi connectivity index (χ0n) is 7.73. The van der Waals surface area contributed by atoms with Crippen LogP contribution in [0.4, 0.5) is 5.69 Å². The minimum Gasteiger partial charge on any atom is -0.503 e. The summed E-state index contributed by atoms with van der Waals surface area (Å²) in [5.74, 6) is -4.31. The summed E-state index contributed by atoms with van der Waals surface area (Å²) in [6.07, 6.45) is 0. The van der Waals surface area contributed by atoms with Gasteiger partial charge in [-0.1, -0.05) is 0 Å². The minimum absolute atomic E-state index is 0.213. The highest BCUT2D eigenvalue weighted by molar-refractivity contribution is 5.79. The lowest BCUT2D eigenvalue weighted by molar-refractivity contribution is 0.330. The van der Waals surface area contributed by atoms with Crippen LogP contribution in [0.15, 0.2) is 0 Å². The maximum atomic E-state index is 9.33. The first-order valence-corrected chi connectivity index (χ1v) is 4.13. The van der Waals surface area contributed by atoms with Crippen molar-refractivity contribution in [1.82, 2.24) is 0 Å². The fraction of sp³-hybridized carbons (Fsp3) is 0.250. The molecule has 1 rings (SSSR count). The van der Waals surface area contributed by atoms with Crippen LogP contribution in [0.5, 0.6) is 28.7 Å². The van der Waals surface area contributed by atoms with Gasteiger partial charge in [-0.3, -0.25) is 0 Å². The third-order valence-electron chi connectivity index (χ3n) is 1.82. The summed E-state index contributed by atoms with van der Waals surface area (Å²) in [6, 6.07) is 0. The molecule has 0 fully saturated rings. The van der Waals surface area contributed by atoms with E-state index in [-0.39, 0.29) is 18.8 Å². The molecule has 0 heterocycles. The fourth-order valence-corrected chi connectivity index (χ4v) is 1.05. The number of rotatable bonds is 3. The number of hydrogen-bond donors (Lipinski definition) is 7. The van der Waals surface area contributed by atoms with Crippen LogP contribution in [0, 0.1) is 0 Å². The summed E-state index contributed by atoms with van der Waals surface area (Å²) in [4.78, 5) is 0. The van der Waals surface area contributed by atoms with Crippen molar-refractivity contribution in [2.45, 2.75) is 0 Å². The van der Waals surface area contributed by atoms with Crippen LogP contribution >= 0.6 is 0 Å². The van der Waals surface area contributed by atoms with Crippen LogP contribution in [-0.2, 0) is 0 Å². The topological polar surface area (TPSA) is 139 Å². The van der Waals surface area contributed by atoms with E-state index in [2.05, 4.69) is 5.32 Å². The first kappa shape index (κ1) is 11.1. The SMILES string of the molecule is NCCNc1c(O)c(O)c(O)c(O)c1O. The normalized spacial score (nSPS) is 10.2. The van der Waals surface area contributed by atoms with Crippen LogP contribution in [0.3, 0.4) is 0 Å². The molecule has 0 bridgehead atoms. The molecule has 84 valence electrons. The van der Waals surface area contributed by atoms with Gasteiger partial charge in [0.15, 0.2) is 11.5 Å². The molecule has 0 aliphatic heterocycles. The lowest BCUT2D eigenvalue weighted by atomic mass is 10.2. The van der Waals surface area contributed by atoms with Crippen molar-refractivity contribution >= 4 is 5.69 Å². The zero-order valence-corrected chi connectivity index (χ0v) is 7.73. The molecule has 0 saturated carbocycles. The number of nitrogens with one attached hydrogen (secondary N) is 1. The van der Waals surface area contributed by atoms with Crippen molar-refractivity contribution in [3.63, 3.8) is 0 Å². The van der Waals surface area contributed by atoms with Crippen molar-refractivity contribution in [2.24, 2.45) is 5.73 Å². The molecule has 0 aliphatic carbocycles. The Morgan fingerprint density at radius 1 is 0.800 bits per heavy atom. The molecule has 7 heteroatoms. The van der Waals surface area contributed by atoms with E-state index in [1.807, 2.05) is 0 Å². The summed E-state index contributed by atoms with van der Waals surface area (Å²) in [7, 11) is 0. The Bertz CT molecular complexity index is 351. The number of nitrogens with two attached hydrogens (primary N) is 1. The zero-order chi connectivity index (χ0) is 11.6. The van der Waals surface area contributed by atoms with Crippen molar-refractivity contribution in [3.05, 3.63) is 0 Å². The number of benzene rings is 1. The molecule has 0 amide bonds. The van der Waals surface area contributed by atoms with E-state index in [0.29, 0.717) is 0 Å². The van der Waals surface area contributed by atoms with E-state index in [4.69, 9.17) is 21.1 Å². The number of aromatic hydroxyl groups is 5. The largest absolute Gasteiger partial charge is 0.503 e. The molecule has 1 aromatic carbocycles. The second-order valence-electron chi connectivity index (χ2n) is 2.83. The average molecular weight is 216 g/mol. The first-order chi connectivity index (χ1) is 7.00. The van der Waals surface area contributed by atoms with Gasteiger partial charge in [0.05, 0.1) is 0 Å². The Hall–Kier alpha value is -2.02.